The topological polar surface area (TPSA) is 8.17 Å². The minimum absolute atomic E-state index is 0.0284. The molecule has 0 aliphatic heterocycles. The van der Waals surface area contributed by atoms with Crippen molar-refractivity contribution in [1.82, 2.24) is 4.57 Å². The number of hydrogen-bond donors (Lipinski definition) is 0. The maximum atomic E-state index is 2.49. The van der Waals surface area contributed by atoms with E-state index in [9.17, 15) is 0 Å². The summed E-state index contributed by atoms with van der Waals surface area (Å²) in [6.45, 7) is 4.82. The van der Waals surface area contributed by atoms with Gasteiger partial charge < -0.3 is 9.47 Å². The van der Waals surface area contributed by atoms with E-state index < -0.39 is 0 Å². The number of nitrogens with zero attached hydrogens (tertiary/aromatic N) is 2. The largest absolute Gasteiger partial charge is 0.310 e. The van der Waals surface area contributed by atoms with E-state index in [1.807, 2.05) is 0 Å². The third-order valence-corrected chi connectivity index (χ3v) is 11.5. The van der Waals surface area contributed by atoms with E-state index in [4.69, 9.17) is 0 Å². The van der Waals surface area contributed by atoms with Crippen molar-refractivity contribution in [2.45, 2.75) is 32.1 Å². The lowest BCUT2D eigenvalue weighted by Crippen LogP contribution is -2.17. The van der Waals surface area contributed by atoms with Gasteiger partial charge in [0.05, 0.1) is 11.0 Å². The van der Waals surface area contributed by atoms with Gasteiger partial charge in [0, 0.05) is 38.9 Å². The van der Waals surface area contributed by atoms with Gasteiger partial charge in [-0.25, -0.2) is 0 Å². The van der Waals surface area contributed by atoms with Gasteiger partial charge in [-0.05, 0) is 125 Å². The van der Waals surface area contributed by atoms with E-state index in [0.717, 1.165) is 29.9 Å². The minimum Gasteiger partial charge on any atom is -0.310 e. The number of benzene rings is 7. The van der Waals surface area contributed by atoms with Gasteiger partial charge in [-0.1, -0.05) is 129 Å². The summed E-state index contributed by atoms with van der Waals surface area (Å²) in [7, 11) is 0. The van der Waals surface area contributed by atoms with Crippen LogP contribution >= 0.6 is 0 Å². The number of rotatable bonds is 6. The van der Waals surface area contributed by atoms with Crippen LogP contribution in [0.1, 0.15) is 37.8 Å². The van der Waals surface area contributed by atoms with Gasteiger partial charge in [-0.2, -0.15) is 0 Å². The van der Waals surface area contributed by atoms with E-state index in [2.05, 4.69) is 205 Å². The molecule has 0 atom stereocenters. The van der Waals surface area contributed by atoms with Crippen LogP contribution in [0.15, 0.2) is 188 Å². The summed E-state index contributed by atoms with van der Waals surface area (Å²) in [5.41, 5.74) is 17.8. The zero-order valence-corrected chi connectivity index (χ0v) is 30.1. The summed E-state index contributed by atoms with van der Waals surface area (Å²) in [4.78, 5) is 2.32. The summed E-state index contributed by atoms with van der Waals surface area (Å²) in [5, 5.41) is 2.62. The molecule has 0 radical (unpaired) electrons. The second kappa shape index (κ2) is 12.4. The highest BCUT2D eigenvalue weighted by molar-refractivity contribution is 6.11. The minimum atomic E-state index is 0.0284. The van der Waals surface area contributed by atoms with Crippen molar-refractivity contribution in [3.63, 3.8) is 0 Å². The average molecular weight is 681 g/mol. The highest BCUT2D eigenvalue weighted by Gasteiger charge is 2.38. The first-order valence-electron chi connectivity index (χ1n) is 18.7. The average Bonchev–Trinajstić information content (AvgIpc) is 3.66. The molecule has 1 aromatic heterocycles. The molecule has 0 fully saturated rings. The summed E-state index contributed by atoms with van der Waals surface area (Å²) < 4.78 is 2.46. The third kappa shape index (κ3) is 5.17. The van der Waals surface area contributed by atoms with Gasteiger partial charge >= 0.3 is 0 Å². The summed E-state index contributed by atoms with van der Waals surface area (Å²) >= 11 is 0. The van der Waals surface area contributed by atoms with Gasteiger partial charge in [0.2, 0.25) is 0 Å². The first-order chi connectivity index (χ1) is 26.0. The summed E-state index contributed by atoms with van der Waals surface area (Å²) in [6.07, 6.45) is 6.99. The quantitative estimate of drug-likeness (QED) is 0.170. The molecule has 2 heteroatoms. The van der Waals surface area contributed by atoms with Crippen LogP contribution in [0, 0.1) is 0 Å². The van der Waals surface area contributed by atoms with Gasteiger partial charge in [-0.15, -0.1) is 0 Å². The Labute approximate surface area is 311 Å². The molecular weight excluding hydrogens is 641 g/mol. The third-order valence-electron chi connectivity index (χ3n) is 11.5. The first-order valence-corrected chi connectivity index (χ1v) is 18.7. The van der Waals surface area contributed by atoms with Crippen LogP contribution in [0.4, 0.5) is 17.1 Å². The maximum Gasteiger partial charge on any atom is 0.0544 e. The molecule has 0 saturated carbocycles. The molecule has 0 amide bonds. The van der Waals surface area contributed by atoms with Gasteiger partial charge in [0.15, 0.2) is 0 Å². The van der Waals surface area contributed by atoms with Crippen LogP contribution in [0.2, 0.25) is 0 Å². The predicted molar refractivity (Wildman–Crippen MR) is 225 cm³/mol. The Morgan fingerprint density at radius 3 is 1.87 bits per heavy atom. The SMILES string of the molecule is CC1(C)C2=C(C=CCC2)c2cc3c4ccccc4n(-c4ccc(-c5cccc(-c6cccc(N(c7ccccc7)c7ccccc7)c6)c5)cc4)c3cc21. The molecule has 0 N–H and O–H groups in total. The molecule has 2 nitrogen and oxygen atoms in total. The van der Waals surface area contributed by atoms with Gasteiger partial charge in [0.25, 0.3) is 0 Å². The summed E-state index contributed by atoms with van der Waals surface area (Å²) in [5.74, 6) is 0. The molecule has 2 aliphatic rings. The van der Waals surface area contributed by atoms with Crippen LogP contribution in [-0.2, 0) is 5.41 Å². The van der Waals surface area contributed by atoms with Crippen LogP contribution < -0.4 is 4.90 Å². The highest BCUT2D eigenvalue weighted by Crippen LogP contribution is 2.52. The fourth-order valence-corrected chi connectivity index (χ4v) is 8.87. The normalized spacial score (nSPS) is 14.5. The lowest BCUT2D eigenvalue weighted by atomic mass is 9.78. The molecule has 53 heavy (non-hydrogen) atoms. The van der Waals surface area contributed by atoms with Crippen LogP contribution in [0.3, 0.4) is 0 Å². The zero-order chi connectivity index (χ0) is 35.5. The Kier molecular flexibility index (Phi) is 7.33. The Morgan fingerprint density at radius 1 is 0.509 bits per heavy atom. The monoisotopic (exact) mass is 680 g/mol. The molecule has 254 valence electrons. The van der Waals surface area contributed by atoms with Gasteiger partial charge in [0.1, 0.15) is 0 Å². The molecule has 0 spiro atoms. The van der Waals surface area contributed by atoms with Crippen LogP contribution in [0.25, 0.3) is 55.3 Å². The predicted octanol–water partition coefficient (Wildman–Crippen LogP) is 14.0. The van der Waals surface area contributed by atoms with Crippen molar-refractivity contribution in [2.75, 3.05) is 4.90 Å². The standard InChI is InChI=1S/C51H40N2/c1-51(2)47-25-11-9-23-43(47)45-33-46-44-24-10-12-26-49(44)53(50(46)34-48(45)51)41-29-27-35(28-30-41)36-15-13-16-37(31-36)38-17-14-22-42(32-38)52(39-18-5-3-6-19-39)40-20-7-4-8-21-40/h3-10,12-24,26-34H,11,25H2,1-2H3. The molecule has 7 aromatic carbocycles. The zero-order valence-electron chi connectivity index (χ0n) is 30.1. The molecule has 10 rings (SSSR count). The van der Waals surface area contributed by atoms with Crippen molar-refractivity contribution in [1.29, 1.82) is 0 Å². The number of fused-ring (bicyclic) bond motifs is 5. The van der Waals surface area contributed by atoms with Crippen molar-refractivity contribution in [3.05, 3.63) is 199 Å². The molecule has 0 bridgehead atoms. The molecule has 0 unspecified atom stereocenters. The van der Waals surface area contributed by atoms with E-state index in [1.54, 1.807) is 5.57 Å². The first kappa shape index (κ1) is 31.4. The molecule has 0 saturated heterocycles. The van der Waals surface area contributed by atoms with Crippen molar-refractivity contribution in [2.24, 2.45) is 0 Å². The number of anilines is 3. The molecule has 2 aliphatic carbocycles. The molecule has 8 aromatic rings. The van der Waals surface area contributed by atoms with E-state index in [0.29, 0.717) is 0 Å². The number of hydrogen-bond acceptors (Lipinski definition) is 1. The Balaban J connectivity index is 1.02. The highest BCUT2D eigenvalue weighted by atomic mass is 15.1. The van der Waals surface area contributed by atoms with Gasteiger partial charge in [-0.3, -0.25) is 0 Å². The van der Waals surface area contributed by atoms with Crippen molar-refractivity contribution >= 4 is 44.4 Å². The lowest BCUT2D eigenvalue weighted by Gasteiger charge is -2.26. The number of aromatic nitrogens is 1. The van der Waals surface area contributed by atoms with E-state index >= 15 is 0 Å². The molecular formula is C51H40N2. The smallest absolute Gasteiger partial charge is 0.0544 e. The Bertz CT molecular complexity index is 2690. The fraction of sp³-hybridized carbons (Fsp3) is 0.0980. The molecule has 1 heterocycles. The number of allylic oxidation sites excluding steroid dienone is 4. The van der Waals surface area contributed by atoms with Crippen molar-refractivity contribution < 1.29 is 0 Å². The second-order valence-corrected chi connectivity index (χ2v) is 14.9. The van der Waals surface area contributed by atoms with Crippen molar-refractivity contribution in [3.8, 4) is 27.9 Å². The fourth-order valence-electron chi connectivity index (χ4n) is 8.87. The maximum absolute atomic E-state index is 2.49. The summed E-state index contributed by atoms with van der Waals surface area (Å²) in [6, 6.07) is 61.9. The van der Waals surface area contributed by atoms with E-state index in [-0.39, 0.29) is 5.41 Å². The van der Waals surface area contributed by atoms with Crippen LogP contribution in [-0.4, -0.2) is 4.57 Å². The lowest BCUT2D eigenvalue weighted by molar-refractivity contribution is 0.608. The second-order valence-electron chi connectivity index (χ2n) is 14.9. The Hall–Kier alpha value is -6.38. The number of para-hydroxylation sites is 3. The Morgan fingerprint density at radius 2 is 1.13 bits per heavy atom. The van der Waals surface area contributed by atoms with Crippen LogP contribution in [0.5, 0.6) is 0 Å². The van der Waals surface area contributed by atoms with E-state index in [1.165, 1.54) is 66.4 Å².